The molecular weight excluding hydrogens is 498 g/mol. The molecule has 2 unspecified atom stereocenters. The number of nitrogens with one attached hydrogen (secondary N) is 1. The maximum Gasteiger partial charge on any atom is 0.264 e. The van der Waals surface area contributed by atoms with Crippen LogP contribution in [0.2, 0.25) is 0 Å². The summed E-state index contributed by atoms with van der Waals surface area (Å²) in [4.78, 5) is 17.2. The van der Waals surface area contributed by atoms with Crippen LogP contribution in [-0.2, 0) is 14.8 Å². The standard InChI is InChI=1S/C25H33N5O4S2/c1-17-16-22(34-4)18(2)19(3)23(17)36(32,33)29-25(27)28-13-8-12-21(26)24(31)35-15-9-14-30(35)20-10-6-5-7-11-20/h5-7,9-11,14-16,21H,8,12-13,26H2,1-4H3,(H3,27,28,29). The fourth-order valence-corrected chi connectivity index (χ4v) is 7.05. The van der Waals surface area contributed by atoms with E-state index in [1.54, 1.807) is 33.9 Å². The van der Waals surface area contributed by atoms with Gasteiger partial charge in [0.2, 0.25) is 11.1 Å². The van der Waals surface area contributed by atoms with E-state index >= 15 is 0 Å². The zero-order valence-corrected chi connectivity index (χ0v) is 22.5. The lowest BCUT2D eigenvalue weighted by Crippen LogP contribution is -2.37. The molecule has 0 saturated heterocycles. The number of allylic oxidation sites excluding steroid dienone is 1. The number of nitrogens with two attached hydrogens (primary N) is 2. The summed E-state index contributed by atoms with van der Waals surface area (Å²) in [5.74, 6) is 0.405. The highest BCUT2D eigenvalue weighted by Gasteiger charge is 2.25. The Morgan fingerprint density at radius 2 is 1.89 bits per heavy atom. The number of carbonyl (C=O) groups is 1. The summed E-state index contributed by atoms with van der Waals surface area (Å²) in [6.07, 6.45) is 4.60. The molecule has 0 fully saturated rings. The number of para-hydroxylation sites is 1. The fraction of sp³-hybridized carbons (Fsp3) is 0.320. The van der Waals surface area contributed by atoms with Crippen molar-refractivity contribution < 1.29 is 17.9 Å². The topological polar surface area (TPSA) is 140 Å². The Balaban J connectivity index is 1.57. The van der Waals surface area contributed by atoms with Crippen LogP contribution < -0.4 is 25.2 Å². The maximum absolute atomic E-state index is 13.0. The van der Waals surface area contributed by atoms with E-state index in [9.17, 15) is 13.2 Å². The number of aryl methyl sites for hydroxylation is 1. The van der Waals surface area contributed by atoms with Gasteiger partial charge in [-0.25, -0.2) is 13.1 Å². The van der Waals surface area contributed by atoms with Crippen LogP contribution in [0.3, 0.4) is 0 Å². The molecule has 194 valence electrons. The van der Waals surface area contributed by atoms with Gasteiger partial charge in [-0.15, -0.1) is 0 Å². The average Bonchev–Trinajstić information content (AvgIpc) is 3.33. The zero-order chi connectivity index (χ0) is 26.5. The molecule has 11 heteroatoms. The van der Waals surface area contributed by atoms with Crippen LogP contribution in [0.4, 0.5) is 5.69 Å². The summed E-state index contributed by atoms with van der Waals surface area (Å²) in [5, 5.41) is 1.78. The van der Waals surface area contributed by atoms with Crippen molar-refractivity contribution in [3.05, 3.63) is 65.4 Å². The largest absolute Gasteiger partial charge is 0.496 e. The van der Waals surface area contributed by atoms with Crippen molar-refractivity contribution >= 4 is 42.8 Å². The first-order valence-electron chi connectivity index (χ1n) is 11.4. The molecule has 0 amide bonds. The van der Waals surface area contributed by atoms with E-state index < -0.39 is 26.7 Å². The van der Waals surface area contributed by atoms with Gasteiger partial charge in [-0.05, 0) is 90.6 Å². The van der Waals surface area contributed by atoms with E-state index in [1.165, 1.54) is 0 Å². The van der Waals surface area contributed by atoms with Crippen LogP contribution in [0.5, 0.6) is 5.75 Å². The highest BCUT2D eigenvalue weighted by molar-refractivity contribution is 8.29. The van der Waals surface area contributed by atoms with Crippen LogP contribution in [0.1, 0.15) is 29.5 Å². The molecule has 0 spiro atoms. The number of benzene rings is 2. The Morgan fingerprint density at radius 1 is 1.19 bits per heavy atom. The normalized spacial score (nSPS) is 16.5. The summed E-state index contributed by atoms with van der Waals surface area (Å²) in [5.41, 5.74) is 14.8. The molecule has 9 nitrogen and oxygen atoms in total. The lowest BCUT2D eigenvalue weighted by atomic mass is 10.1. The Hall–Kier alpha value is -3.15. The number of hydrogen-bond donors (Lipinski definition) is 3. The molecule has 3 rings (SSSR count). The van der Waals surface area contributed by atoms with Crippen LogP contribution >= 0.6 is 10.7 Å². The first-order chi connectivity index (χ1) is 17.1. The number of methoxy groups -OCH3 is 1. The first-order valence-corrected chi connectivity index (χ1v) is 14.2. The molecule has 0 radical (unpaired) electrons. The van der Waals surface area contributed by atoms with Gasteiger partial charge in [-0.1, -0.05) is 18.2 Å². The summed E-state index contributed by atoms with van der Waals surface area (Å²) in [6, 6.07) is 10.7. The number of guanidine groups is 1. The Bertz CT molecular complexity index is 1320. The second kappa shape index (κ2) is 11.7. The van der Waals surface area contributed by atoms with Crippen LogP contribution in [0.15, 0.2) is 58.6 Å². The molecule has 1 heterocycles. The maximum atomic E-state index is 13.0. The van der Waals surface area contributed by atoms with Gasteiger partial charge < -0.3 is 16.2 Å². The molecule has 5 N–H and O–H groups in total. The quantitative estimate of drug-likeness (QED) is 0.196. The lowest BCUT2D eigenvalue weighted by molar-refractivity contribution is -0.112. The van der Waals surface area contributed by atoms with Crippen molar-refractivity contribution in [2.24, 2.45) is 16.5 Å². The molecule has 0 aromatic heterocycles. The molecule has 2 aromatic rings. The molecule has 36 heavy (non-hydrogen) atoms. The van der Waals surface area contributed by atoms with Crippen molar-refractivity contribution in [1.82, 2.24) is 4.72 Å². The van der Waals surface area contributed by atoms with Gasteiger partial charge in [0.1, 0.15) is 5.75 Å². The van der Waals surface area contributed by atoms with Crippen LogP contribution in [0.25, 0.3) is 0 Å². The van der Waals surface area contributed by atoms with Crippen molar-refractivity contribution in [1.29, 1.82) is 0 Å². The zero-order valence-electron chi connectivity index (χ0n) is 20.9. The van der Waals surface area contributed by atoms with Crippen molar-refractivity contribution in [3.63, 3.8) is 0 Å². The number of rotatable bonds is 9. The highest BCUT2D eigenvalue weighted by atomic mass is 32.2. The third-order valence-electron chi connectivity index (χ3n) is 5.82. The SMILES string of the molecule is COc1cc(C)c(S(=O)(=O)NC(N)=NCCCC(N)C(=O)S2=CC=CN2c2ccccc2)c(C)c1C. The van der Waals surface area contributed by atoms with E-state index in [0.717, 1.165) is 11.3 Å². The number of hydrogen-bond acceptors (Lipinski definition) is 7. The molecule has 0 saturated carbocycles. The summed E-state index contributed by atoms with van der Waals surface area (Å²) < 4.78 is 35.5. The predicted molar refractivity (Wildman–Crippen MR) is 148 cm³/mol. The average molecular weight is 532 g/mol. The van der Waals surface area contributed by atoms with Crippen molar-refractivity contribution in [2.75, 3.05) is 18.0 Å². The van der Waals surface area contributed by atoms with Crippen LogP contribution in [-0.4, -0.2) is 44.6 Å². The van der Waals surface area contributed by atoms with Gasteiger partial charge in [0.05, 0.1) is 23.7 Å². The van der Waals surface area contributed by atoms with Crippen LogP contribution in [0, 0.1) is 20.8 Å². The first kappa shape index (κ1) is 27.4. The minimum atomic E-state index is -3.93. The molecule has 0 bridgehead atoms. The fourth-order valence-electron chi connectivity index (χ4n) is 3.91. The molecule has 0 aliphatic carbocycles. The monoisotopic (exact) mass is 531 g/mol. The molecule has 2 atom stereocenters. The molecular formula is C25H33N5O4S2. The number of sulfonamides is 1. The Labute approximate surface area is 215 Å². The van der Waals surface area contributed by atoms with E-state index in [1.807, 2.05) is 52.3 Å². The third kappa shape index (κ3) is 6.15. The van der Waals surface area contributed by atoms with Gasteiger partial charge >= 0.3 is 0 Å². The van der Waals surface area contributed by atoms with E-state index in [4.69, 9.17) is 16.2 Å². The van der Waals surface area contributed by atoms with E-state index in [2.05, 4.69) is 9.71 Å². The van der Waals surface area contributed by atoms with Gasteiger partial charge in [0, 0.05) is 12.7 Å². The number of ether oxygens (including phenoxy) is 1. The molecule has 2 aromatic carbocycles. The van der Waals surface area contributed by atoms with Gasteiger partial charge in [-0.3, -0.25) is 14.1 Å². The van der Waals surface area contributed by atoms with Gasteiger partial charge in [0.25, 0.3) is 10.0 Å². The molecule has 1 aliphatic heterocycles. The third-order valence-corrected chi connectivity index (χ3v) is 9.35. The number of nitrogens with zero attached hydrogens (tertiary/aromatic N) is 2. The second-order valence-electron chi connectivity index (χ2n) is 8.37. The van der Waals surface area contributed by atoms with Crippen molar-refractivity contribution in [2.45, 2.75) is 44.6 Å². The Morgan fingerprint density at radius 3 is 2.56 bits per heavy atom. The van der Waals surface area contributed by atoms with Gasteiger partial charge in [0.15, 0.2) is 0 Å². The van der Waals surface area contributed by atoms with Crippen molar-refractivity contribution in [3.8, 4) is 5.75 Å². The summed E-state index contributed by atoms with van der Waals surface area (Å²) in [6.45, 7) is 5.45. The summed E-state index contributed by atoms with van der Waals surface area (Å²) in [7, 11) is -3.17. The predicted octanol–water partition coefficient (Wildman–Crippen LogP) is 2.87. The van der Waals surface area contributed by atoms with E-state index in [0.29, 0.717) is 29.7 Å². The molecule has 1 aliphatic rings. The number of aliphatic imine (C=N–C) groups is 1. The number of anilines is 1. The smallest absolute Gasteiger partial charge is 0.264 e. The minimum Gasteiger partial charge on any atom is -0.496 e. The van der Waals surface area contributed by atoms with Gasteiger partial charge in [-0.2, -0.15) is 0 Å². The second-order valence-corrected chi connectivity index (χ2v) is 11.7. The lowest BCUT2D eigenvalue weighted by Gasteiger charge is -2.22. The minimum absolute atomic E-state index is 0.0673. The number of carbonyl (C=O) groups excluding carboxylic acids is 1. The highest BCUT2D eigenvalue weighted by Crippen LogP contribution is 2.33. The van der Waals surface area contributed by atoms with E-state index in [-0.39, 0.29) is 22.5 Å². The Kier molecular flexibility index (Phi) is 8.93. The summed E-state index contributed by atoms with van der Waals surface area (Å²) >= 11 is 0.